The van der Waals surface area contributed by atoms with Crippen molar-refractivity contribution in [1.82, 2.24) is 14.6 Å². The minimum Gasteiger partial charge on any atom is -0.349 e. The quantitative estimate of drug-likeness (QED) is 0.804. The van der Waals surface area contributed by atoms with E-state index in [4.69, 9.17) is 0 Å². The van der Waals surface area contributed by atoms with Gasteiger partial charge in [-0.2, -0.15) is 4.31 Å². The van der Waals surface area contributed by atoms with Crippen molar-refractivity contribution in [3.05, 3.63) is 45.9 Å². The molecule has 28 heavy (non-hydrogen) atoms. The van der Waals surface area contributed by atoms with E-state index in [9.17, 15) is 13.2 Å². The second-order valence-electron chi connectivity index (χ2n) is 8.12. The molecule has 0 aliphatic carbocycles. The normalized spacial score (nSPS) is 18.4. The van der Waals surface area contributed by atoms with Crippen LogP contribution in [0.3, 0.4) is 0 Å². The molecule has 0 saturated carbocycles. The summed E-state index contributed by atoms with van der Waals surface area (Å²) in [7, 11) is -3.72. The molecule has 0 radical (unpaired) electrons. The number of thiazole rings is 1. The number of aryl methyl sites for hydroxylation is 1. The summed E-state index contributed by atoms with van der Waals surface area (Å²) >= 11 is 1.52. The maximum atomic E-state index is 13.1. The molecule has 1 atom stereocenters. The van der Waals surface area contributed by atoms with Crippen LogP contribution in [0.5, 0.6) is 0 Å². The maximum Gasteiger partial charge on any atom is 0.243 e. The van der Waals surface area contributed by atoms with Crippen LogP contribution in [0.4, 0.5) is 0 Å². The molecule has 1 aromatic carbocycles. The van der Waals surface area contributed by atoms with Crippen molar-refractivity contribution >= 4 is 27.3 Å². The highest BCUT2D eigenvalue weighted by Gasteiger charge is 2.39. The summed E-state index contributed by atoms with van der Waals surface area (Å²) < 4.78 is 27.6. The molecule has 1 aliphatic heterocycles. The van der Waals surface area contributed by atoms with Gasteiger partial charge in [0.2, 0.25) is 15.9 Å². The van der Waals surface area contributed by atoms with Gasteiger partial charge in [0.05, 0.1) is 22.1 Å². The van der Waals surface area contributed by atoms with E-state index in [1.807, 2.05) is 24.4 Å². The molecule has 1 amide bonds. The predicted octanol–water partition coefficient (Wildman–Crippen LogP) is 3.22. The first-order valence-corrected chi connectivity index (χ1v) is 11.7. The Labute approximate surface area is 171 Å². The van der Waals surface area contributed by atoms with Gasteiger partial charge in [0.25, 0.3) is 0 Å². The van der Waals surface area contributed by atoms with E-state index in [1.54, 1.807) is 12.1 Å². The number of hydrogen-bond donors (Lipinski definition) is 1. The standard InChI is InChI=1S/C20H27N3O3S2/c1-14-22-16(13-27-14)12-21-19(24)18-6-5-11-23(18)28(25,26)17-9-7-15(8-10-17)20(2,3)4/h7-10,13,18H,5-6,11-12H2,1-4H3,(H,21,24)/t18-/m1/s1. The lowest BCUT2D eigenvalue weighted by atomic mass is 9.87. The molecular weight excluding hydrogens is 394 g/mol. The molecule has 0 spiro atoms. The van der Waals surface area contributed by atoms with Gasteiger partial charge in [-0.1, -0.05) is 32.9 Å². The number of hydrogen-bond acceptors (Lipinski definition) is 5. The first kappa shape index (κ1) is 21.0. The summed E-state index contributed by atoms with van der Waals surface area (Å²) in [4.78, 5) is 17.2. The lowest BCUT2D eigenvalue weighted by molar-refractivity contribution is -0.124. The summed E-state index contributed by atoms with van der Waals surface area (Å²) in [6, 6.07) is 6.31. The first-order chi connectivity index (χ1) is 13.1. The topological polar surface area (TPSA) is 79.4 Å². The molecule has 3 rings (SSSR count). The fourth-order valence-electron chi connectivity index (χ4n) is 3.34. The maximum absolute atomic E-state index is 13.1. The second-order valence-corrected chi connectivity index (χ2v) is 11.1. The van der Waals surface area contributed by atoms with Gasteiger partial charge in [0.1, 0.15) is 6.04 Å². The van der Waals surface area contributed by atoms with Crippen LogP contribution in [0.25, 0.3) is 0 Å². The summed E-state index contributed by atoms with van der Waals surface area (Å²) in [5.74, 6) is -0.266. The molecule has 0 bridgehead atoms. The fraction of sp³-hybridized carbons (Fsp3) is 0.500. The lowest BCUT2D eigenvalue weighted by Crippen LogP contribution is -2.45. The zero-order valence-corrected chi connectivity index (χ0v) is 18.4. The SMILES string of the molecule is Cc1nc(CNC(=O)[C@H]2CCCN2S(=O)(=O)c2ccc(C(C)(C)C)cc2)cs1. The highest BCUT2D eigenvalue weighted by atomic mass is 32.2. The average molecular weight is 422 g/mol. The Kier molecular flexibility index (Phi) is 5.93. The van der Waals surface area contributed by atoms with Crippen LogP contribution in [0.15, 0.2) is 34.5 Å². The van der Waals surface area contributed by atoms with Crippen LogP contribution in [-0.2, 0) is 26.8 Å². The van der Waals surface area contributed by atoms with E-state index in [1.165, 1.54) is 15.6 Å². The van der Waals surface area contributed by atoms with E-state index in [-0.39, 0.29) is 16.2 Å². The Hall–Kier alpha value is -1.77. The summed E-state index contributed by atoms with van der Waals surface area (Å²) in [5, 5.41) is 5.67. The Bertz CT molecular complexity index is 944. The minimum atomic E-state index is -3.72. The Morgan fingerprint density at radius 2 is 1.96 bits per heavy atom. The van der Waals surface area contributed by atoms with Gasteiger partial charge in [-0.05, 0) is 42.9 Å². The van der Waals surface area contributed by atoms with E-state index in [0.29, 0.717) is 25.9 Å². The number of nitrogens with one attached hydrogen (secondary N) is 1. The van der Waals surface area contributed by atoms with Gasteiger partial charge < -0.3 is 5.32 Å². The number of aromatic nitrogens is 1. The Morgan fingerprint density at radius 3 is 2.54 bits per heavy atom. The van der Waals surface area contributed by atoms with Crippen molar-refractivity contribution in [2.75, 3.05) is 6.54 Å². The van der Waals surface area contributed by atoms with E-state index >= 15 is 0 Å². The van der Waals surface area contributed by atoms with Crippen LogP contribution in [0.1, 0.15) is 49.9 Å². The van der Waals surface area contributed by atoms with Gasteiger partial charge in [-0.15, -0.1) is 11.3 Å². The van der Waals surface area contributed by atoms with Crippen molar-refractivity contribution in [1.29, 1.82) is 0 Å². The molecule has 2 aromatic rings. The minimum absolute atomic E-state index is 0.0492. The zero-order chi connectivity index (χ0) is 20.5. The predicted molar refractivity (Wildman–Crippen MR) is 111 cm³/mol. The average Bonchev–Trinajstić information content (AvgIpc) is 3.28. The summed E-state index contributed by atoms with van der Waals surface area (Å²) in [6.45, 7) is 8.83. The molecule has 1 fully saturated rings. The van der Waals surface area contributed by atoms with Gasteiger partial charge in [-0.25, -0.2) is 13.4 Å². The zero-order valence-electron chi connectivity index (χ0n) is 16.7. The molecule has 1 saturated heterocycles. The third-order valence-electron chi connectivity index (χ3n) is 4.94. The van der Waals surface area contributed by atoms with Crippen LogP contribution in [0, 0.1) is 6.92 Å². The van der Waals surface area contributed by atoms with Gasteiger partial charge >= 0.3 is 0 Å². The van der Waals surface area contributed by atoms with Crippen molar-refractivity contribution in [3.63, 3.8) is 0 Å². The van der Waals surface area contributed by atoms with Crippen molar-refractivity contribution in [2.24, 2.45) is 0 Å². The number of amides is 1. The van der Waals surface area contributed by atoms with E-state index in [2.05, 4.69) is 31.1 Å². The van der Waals surface area contributed by atoms with Crippen LogP contribution in [-0.4, -0.2) is 36.2 Å². The van der Waals surface area contributed by atoms with Crippen molar-refractivity contribution < 1.29 is 13.2 Å². The number of benzene rings is 1. The molecule has 2 heterocycles. The van der Waals surface area contributed by atoms with Gasteiger partial charge in [0.15, 0.2) is 0 Å². The number of carbonyl (C=O) groups excluding carboxylic acids is 1. The molecule has 8 heteroatoms. The molecule has 6 nitrogen and oxygen atoms in total. The fourth-order valence-corrected chi connectivity index (χ4v) is 5.61. The number of rotatable bonds is 5. The smallest absolute Gasteiger partial charge is 0.243 e. The van der Waals surface area contributed by atoms with Crippen LogP contribution >= 0.6 is 11.3 Å². The van der Waals surface area contributed by atoms with E-state index in [0.717, 1.165) is 16.3 Å². The summed E-state index contributed by atoms with van der Waals surface area (Å²) in [5.41, 5.74) is 1.81. The summed E-state index contributed by atoms with van der Waals surface area (Å²) in [6.07, 6.45) is 1.20. The highest BCUT2D eigenvalue weighted by molar-refractivity contribution is 7.89. The molecule has 152 valence electrons. The van der Waals surface area contributed by atoms with Gasteiger partial charge in [-0.3, -0.25) is 4.79 Å². The molecule has 1 N–H and O–H groups in total. The molecule has 0 unspecified atom stereocenters. The highest BCUT2D eigenvalue weighted by Crippen LogP contribution is 2.28. The number of carbonyl (C=O) groups is 1. The molecule has 1 aromatic heterocycles. The Balaban J connectivity index is 1.74. The van der Waals surface area contributed by atoms with Crippen molar-refractivity contribution in [2.45, 2.75) is 63.4 Å². The Morgan fingerprint density at radius 1 is 1.29 bits per heavy atom. The first-order valence-electron chi connectivity index (χ1n) is 9.40. The molecule has 1 aliphatic rings. The monoisotopic (exact) mass is 421 g/mol. The van der Waals surface area contributed by atoms with Crippen LogP contribution in [0.2, 0.25) is 0 Å². The van der Waals surface area contributed by atoms with Crippen LogP contribution < -0.4 is 5.32 Å². The van der Waals surface area contributed by atoms with Gasteiger partial charge in [0, 0.05) is 11.9 Å². The number of nitrogens with zero attached hydrogens (tertiary/aromatic N) is 2. The second kappa shape index (κ2) is 7.93. The third kappa shape index (κ3) is 4.45. The number of sulfonamides is 1. The third-order valence-corrected chi connectivity index (χ3v) is 7.69. The molecular formula is C20H27N3O3S2. The largest absolute Gasteiger partial charge is 0.349 e. The lowest BCUT2D eigenvalue weighted by Gasteiger charge is -2.24. The van der Waals surface area contributed by atoms with Crippen molar-refractivity contribution in [3.8, 4) is 0 Å². The van der Waals surface area contributed by atoms with E-state index < -0.39 is 16.1 Å².